The van der Waals surface area contributed by atoms with Crippen LogP contribution in [0, 0.1) is 10.8 Å². The summed E-state index contributed by atoms with van der Waals surface area (Å²) >= 11 is 12.8. The molecular formula is C22H24Cl2N2O2. The maximum absolute atomic E-state index is 9.78. The zero-order valence-corrected chi connectivity index (χ0v) is 17.3. The molecule has 2 aromatic heterocycles. The molecule has 6 heteroatoms. The van der Waals surface area contributed by atoms with Crippen LogP contribution in [0.2, 0.25) is 10.0 Å². The molecule has 0 aliphatic heterocycles. The molecule has 148 valence electrons. The smallest absolute Gasteiger partial charge is 0.147 e. The highest BCUT2D eigenvalue weighted by Crippen LogP contribution is 2.57. The summed E-state index contributed by atoms with van der Waals surface area (Å²) in [5.74, 6) is 1.39. The SMILES string of the molecule is OCC12CCC(C=Cc3c(-c4c(Cl)cncc4Cl)noc3C3CC3)(CC1)CC2. The summed E-state index contributed by atoms with van der Waals surface area (Å²) in [5.41, 5.74) is 2.81. The number of pyridine rings is 1. The molecule has 4 aliphatic rings. The van der Waals surface area contributed by atoms with E-state index in [0.29, 0.717) is 33.8 Å². The van der Waals surface area contributed by atoms with Gasteiger partial charge in [0.25, 0.3) is 0 Å². The van der Waals surface area contributed by atoms with Crippen LogP contribution in [0.25, 0.3) is 17.3 Å². The number of aliphatic hydroxyl groups is 1. The van der Waals surface area contributed by atoms with Gasteiger partial charge in [0.05, 0.1) is 10.0 Å². The molecule has 28 heavy (non-hydrogen) atoms. The van der Waals surface area contributed by atoms with Crippen molar-refractivity contribution in [3.8, 4) is 11.3 Å². The Morgan fingerprint density at radius 1 is 1.07 bits per heavy atom. The van der Waals surface area contributed by atoms with Crippen LogP contribution in [0.3, 0.4) is 0 Å². The Bertz CT molecular complexity index is 888. The molecule has 0 spiro atoms. The van der Waals surface area contributed by atoms with Gasteiger partial charge in [-0.15, -0.1) is 0 Å². The van der Waals surface area contributed by atoms with Gasteiger partial charge in [-0.3, -0.25) is 4.98 Å². The second-order valence-electron chi connectivity index (χ2n) is 8.92. The zero-order valence-electron chi connectivity index (χ0n) is 15.8. The number of hydrogen-bond acceptors (Lipinski definition) is 4. The monoisotopic (exact) mass is 418 g/mol. The fraction of sp³-hybridized carbons (Fsp3) is 0.545. The molecule has 6 rings (SSSR count). The zero-order chi connectivity index (χ0) is 19.4. The van der Waals surface area contributed by atoms with E-state index >= 15 is 0 Å². The standard InChI is InChI=1S/C22H24Cl2N2O2/c23-16-11-25-12-17(24)18(16)19-15(20(28-26-19)14-1-2-14)3-4-21-5-8-22(13-27,9-6-21)10-7-21/h3-4,11-12,14,27H,1-2,5-10,13H2. The minimum absolute atomic E-state index is 0.176. The van der Waals surface area contributed by atoms with Crippen molar-refractivity contribution in [1.29, 1.82) is 0 Å². The third-order valence-electron chi connectivity index (χ3n) is 7.19. The van der Waals surface area contributed by atoms with Crippen LogP contribution in [0.1, 0.15) is 68.6 Å². The van der Waals surface area contributed by atoms with Crippen LogP contribution in [-0.4, -0.2) is 21.9 Å². The van der Waals surface area contributed by atoms with Crippen molar-refractivity contribution >= 4 is 29.3 Å². The summed E-state index contributed by atoms with van der Waals surface area (Å²) in [7, 11) is 0. The first kappa shape index (κ1) is 18.7. The fourth-order valence-corrected chi connectivity index (χ4v) is 5.51. The van der Waals surface area contributed by atoms with Gasteiger partial charge in [0.1, 0.15) is 11.5 Å². The molecule has 2 heterocycles. The van der Waals surface area contributed by atoms with Gasteiger partial charge in [0, 0.05) is 36.0 Å². The van der Waals surface area contributed by atoms with Crippen molar-refractivity contribution in [2.45, 2.75) is 57.3 Å². The number of aliphatic hydroxyl groups excluding tert-OH is 1. The van der Waals surface area contributed by atoms with E-state index in [2.05, 4.69) is 22.3 Å². The lowest BCUT2D eigenvalue weighted by atomic mass is 9.54. The predicted molar refractivity (Wildman–Crippen MR) is 110 cm³/mol. The molecule has 0 aromatic carbocycles. The second kappa shape index (κ2) is 6.86. The van der Waals surface area contributed by atoms with E-state index in [1.54, 1.807) is 12.4 Å². The summed E-state index contributed by atoms with van der Waals surface area (Å²) in [4.78, 5) is 4.06. The van der Waals surface area contributed by atoms with Crippen molar-refractivity contribution in [3.05, 3.63) is 39.8 Å². The third kappa shape index (κ3) is 3.10. The van der Waals surface area contributed by atoms with Crippen molar-refractivity contribution < 1.29 is 9.63 Å². The van der Waals surface area contributed by atoms with Crippen molar-refractivity contribution in [1.82, 2.24) is 10.1 Å². The highest BCUT2D eigenvalue weighted by molar-refractivity contribution is 6.39. The molecule has 1 N–H and O–H groups in total. The van der Waals surface area contributed by atoms with E-state index in [4.69, 9.17) is 27.7 Å². The van der Waals surface area contributed by atoms with Gasteiger partial charge in [-0.1, -0.05) is 40.5 Å². The quantitative estimate of drug-likeness (QED) is 0.621. The molecule has 4 aliphatic carbocycles. The van der Waals surface area contributed by atoms with E-state index in [0.717, 1.165) is 62.7 Å². The highest BCUT2D eigenvalue weighted by Gasteiger charge is 2.47. The van der Waals surface area contributed by atoms with Crippen LogP contribution in [0.15, 0.2) is 23.0 Å². The number of fused-ring (bicyclic) bond motifs is 3. The minimum atomic E-state index is 0.176. The highest BCUT2D eigenvalue weighted by atomic mass is 35.5. The molecule has 0 atom stereocenters. The Labute approximate surface area is 174 Å². The van der Waals surface area contributed by atoms with Crippen LogP contribution < -0.4 is 0 Å². The summed E-state index contributed by atoms with van der Waals surface area (Å²) in [5, 5.41) is 15.1. The number of hydrogen-bond donors (Lipinski definition) is 1. The molecule has 4 fully saturated rings. The molecule has 4 nitrogen and oxygen atoms in total. The minimum Gasteiger partial charge on any atom is -0.396 e. The molecule has 0 amide bonds. The van der Waals surface area contributed by atoms with E-state index in [-0.39, 0.29) is 10.8 Å². The van der Waals surface area contributed by atoms with E-state index in [1.165, 1.54) is 0 Å². The first-order chi connectivity index (χ1) is 13.5. The Morgan fingerprint density at radius 2 is 1.71 bits per heavy atom. The second-order valence-corrected chi connectivity index (χ2v) is 9.73. The summed E-state index contributed by atoms with van der Waals surface area (Å²) < 4.78 is 5.76. The van der Waals surface area contributed by atoms with E-state index < -0.39 is 0 Å². The predicted octanol–water partition coefficient (Wildman–Crippen LogP) is 6.27. The largest absolute Gasteiger partial charge is 0.396 e. The maximum atomic E-state index is 9.78. The number of aromatic nitrogens is 2. The van der Waals surface area contributed by atoms with Gasteiger partial charge in [0.2, 0.25) is 0 Å². The third-order valence-corrected chi connectivity index (χ3v) is 7.77. The molecule has 0 unspecified atom stereocenters. The van der Waals surface area contributed by atoms with Crippen molar-refractivity contribution in [2.24, 2.45) is 10.8 Å². The summed E-state index contributed by atoms with van der Waals surface area (Å²) in [6, 6.07) is 0. The Hall–Kier alpha value is -1.36. The molecule has 0 saturated heterocycles. The lowest BCUT2D eigenvalue weighted by Gasteiger charge is -2.51. The number of nitrogens with zero attached hydrogens (tertiary/aromatic N) is 2. The molecule has 0 radical (unpaired) electrons. The summed E-state index contributed by atoms with van der Waals surface area (Å²) in [6.45, 7) is 0.327. The lowest BCUT2D eigenvalue weighted by molar-refractivity contribution is -0.0197. The van der Waals surface area contributed by atoms with Crippen molar-refractivity contribution in [3.63, 3.8) is 0 Å². The van der Waals surface area contributed by atoms with Crippen LogP contribution >= 0.6 is 23.2 Å². The van der Waals surface area contributed by atoms with Gasteiger partial charge in [-0.2, -0.15) is 0 Å². The number of rotatable bonds is 5. The van der Waals surface area contributed by atoms with Crippen LogP contribution in [0.4, 0.5) is 0 Å². The average Bonchev–Trinajstić information content (AvgIpc) is 3.48. The van der Waals surface area contributed by atoms with Crippen LogP contribution in [-0.2, 0) is 0 Å². The van der Waals surface area contributed by atoms with Crippen molar-refractivity contribution in [2.75, 3.05) is 6.61 Å². The van der Waals surface area contributed by atoms with Gasteiger partial charge < -0.3 is 9.63 Å². The maximum Gasteiger partial charge on any atom is 0.147 e. The normalized spacial score (nSPS) is 29.7. The van der Waals surface area contributed by atoms with E-state index in [9.17, 15) is 5.11 Å². The van der Waals surface area contributed by atoms with Gasteiger partial charge in [0.15, 0.2) is 0 Å². The summed E-state index contributed by atoms with van der Waals surface area (Å²) in [6.07, 6.45) is 16.8. The van der Waals surface area contributed by atoms with Gasteiger partial charge in [-0.25, -0.2) is 0 Å². The lowest BCUT2D eigenvalue weighted by Crippen LogP contribution is -2.42. The van der Waals surface area contributed by atoms with Crippen LogP contribution in [0.5, 0.6) is 0 Å². The topological polar surface area (TPSA) is 59.2 Å². The first-order valence-electron chi connectivity index (χ1n) is 10.1. The number of halogens is 2. The van der Waals surface area contributed by atoms with Gasteiger partial charge >= 0.3 is 0 Å². The average molecular weight is 419 g/mol. The number of allylic oxidation sites excluding steroid dienone is 1. The Kier molecular flexibility index (Phi) is 4.57. The molecule has 2 aromatic rings. The molecular weight excluding hydrogens is 395 g/mol. The molecule has 2 bridgehead atoms. The molecule has 4 saturated carbocycles. The fourth-order valence-electron chi connectivity index (χ4n) is 4.97. The van der Waals surface area contributed by atoms with Gasteiger partial charge in [-0.05, 0) is 62.2 Å². The Balaban J connectivity index is 1.52. The first-order valence-corrected chi connectivity index (χ1v) is 10.9. The van der Waals surface area contributed by atoms with E-state index in [1.807, 2.05) is 0 Å². The Morgan fingerprint density at radius 3 is 2.29 bits per heavy atom.